The molecule has 13 nitrogen and oxygen atoms in total. The number of aromatic nitrogens is 4. The summed E-state index contributed by atoms with van der Waals surface area (Å²) < 4.78 is 19.8. The number of carbonyl (C=O) groups excluding carboxylic acids is 1. The Bertz CT molecular complexity index is 2710. The predicted molar refractivity (Wildman–Crippen MR) is 249 cm³/mol. The molecule has 0 bridgehead atoms. The second kappa shape index (κ2) is 20.8. The molecule has 0 saturated carbocycles. The number of rotatable bonds is 18. The van der Waals surface area contributed by atoms with Crippen LogP contribution in [0.25, 0.3) is 17.1 Å². The first-order valence-electron chi connectivity index (χ1n) is 20.9. The van der Waals surface area contributed by atoms with E-state index < -0.39 is 17.8 Å². The highest BCUT2D eigenvalue weighted by Crippen LogP contribution is 2.33. The van der Waals surface area contributed by atoms with Crippen molar-refractivity contribution in [2.24, 2.45) is 4.99 Å². The highest BCUT2D eigenvalue weighted by atomic mass is 16.7. The van der Waals surface area contributed by atoms with Gasteiger partial charge < -0.3 is 29.7 Å². The molecular formula is C50H50N8O5. The average Bonchev–Trinajstić information content (AvgIpc) is 3.31. The second-order valence-electron chi connectivity index (χ2n) is 14.5. The third-order valence-electron chi connectivity index (χ3n) is 10.1. The van der Waals surface area contributed by atoms with Crippen molar-refractivity contribution in [1.29, 1.82) is 0 Å². The first-order valence-corrected chi connectivity index (χ1v) is 20.9. The molecule has 0 spiro atoms. The lowest BCUT2D eigenvalue weighted by atomic mass is 10.1. The van der Waals surface area contributed by atoms with Crippen LogP contribution in [0.1, 0.15) is 44.1 Å². The third-order valence-corrected chi connectivity index (χ3v) is 10.1. The summed E-state index contributed by atoms with van der Waals surface area (Å²) >= 11 is 0. The molecule has 0 radical (unpaired) electrons. The van der Waals surface area contributed by atoms with Crippen LogP contribution < -0.4 is 30.6 Å². The van der Waals surface area contributed by atoms with Gasteiger partial charge in [-0.2, -0.15) is 0 Å². The van der Waals surface area contributed by atoms with Crippen LogP contribution in [-0.2, 0) is 9.53 Å². The van der Waals surface area contributed by atoms with Crippen molar-refractivity contribution in [2.75, 3.05) is 35.4 Å². The molecule has 0 fully saturated rings. The number of nitrogens with one attached hydrogen (secondary N) is 2. The van der Waals surface area contributed by atoms with Gasteiger partial charge in [-0.1, -0.05) is 73.2 Å². The topological polar surface area (TPSA) is 145 Å². The molecule has 7 rings (SSSR count). The van der Waals surface area contributed by atoms with E-state index >= 15 is 0 Å². The van der Waals surface area contributed by atoms with Crippen LogP contribution in [0.5, 0.6) is 17.2 Å². The molecule has 2 heterocycles. The van der Waals surface area contributed by atoms with E-state index in [4.69, 9.17) is 24.2 Å². The van der Waals surface area contributed by atoms with Gasteiger partial charge in [0.15, 0.2) is 17.3 Å². The summed E-state index contributed by atoms with van der Waals surface area (Å²) in [5, 5.41) is 6.32. The number of nitrogens with zero attached hydrogens (tertiary/aromatic N) is 6. The zero-order valence-corrected chi connectivity index (χ0v) is 36.0. The van der Waals surface area contributed by atoms with Gasteiger partial charge in [0.25, 0.3) is 11.5 Å². The number of amides is 1. The monoisotopic (exact) mass is 842 g/mol. The maximum absolute atomic E-state index is 15.0. The Kier molecular flexibility index (Phi) is 14.3. The standard InChI is InChI=1S/C50H50N8O5/c1-6-45(63-43-26-20-34(4)30-35(43)5)61-33-54-38-23-27-44(62-40-18-13-10-14-19-40)42(31-38)56-48(59)46(55-37-21-24-39(25-22-37)57(7-2)8-3)47-53-32-41(36-16-11-9-12-17-36)49(60)58(47)50-51-28-15-29-52-50/h9-32,45,54H,6-8,33H2,1-5H3,(H,56,59). The molecule has 1 amide bonds. The predicted octanol–water partition coefficient (Wildman–Crippen LogP) is 9.91. The van der Waals surface area contributed by atoms with Crippen LogP contribution in [0.4, 0.5) is 22.7 Å². The lowest BCUT2D eigenvalue weighted by molar-refractivity contribution is -0.110. The van der Waals surface area contributed by atoms with E-state index in [-0.39, 0.29) is 24.2 Å². The van der Waals surface area contributed by atoms with Gasteiger partial charge in [-0.25, -0.2) is 24.5 Å². The molecular weight excluding hydrogens is 793 g/mol. The quantitative estimate of drug-likeness (QED) is 0.0633. The van der Waals surface area contributed by atoms with E-state index in [1.165, 1.54) is 23.2 Å². The molecule has 13 heteroatoms. The fourth-order valence-electron chi connectivity index (χ4n) is 6.84. The molecule has 1 atom stereocenters. The van der Waals surface area contributed by atoms with Gasteiger partial charge in [-0.05, 0) is 106 Å². The summed E-state index contributed by atoms with van der Waals surface area (Å²) in [4.78, 5) is 50.1. The molecule has 0 aliphatic rings. The number of aliphatic imine (C=N–C) groups is 1. The smallest absolute Gasteiger partial charge is 0.278 e. The van der Waals surface area contributed by atoms with E-state index in [1.54, 1.807) is 18.2 Å². The van der Waals surface area contributed by atoms with E-state index in [0.29, 0.717) is 46.1 Å². The first kappa shape index (κ1) is 43.4. The van der Waals surface area contributed by atoms with Gasteiger partial charge in [0.05, 0.1) is 16.9 Å². The zero-order valence-electron chi connectivity index (χ0n) is 36.0. The van der Waals surface area contributed by atoms with Crippen LogP contribution in [0.3, 0.4) is 0 Å². The summed E-state index contributed by atoms with van der Waals surface area (Å²) in [5.74, 6) is 0.938. The molecule has 2 N–H and O–H groups in total. The summed E-state index contributed by atoms with van der Waals surface area (Å²) in [6, 6.07) is 38.9. The van der Waals surface area contributed by atoms with Crippen molar-refractivity contribution >= 4 is 34.4 Å². The molecule has 1 unspecified atom stereocenters. The SMILES string of the molecule is CCC(OCNc1ccc(Oc2ccccc2)c(NC(=O)C(=Nc2ccc(N(CC)CC)cc2)c2ncc(-c3ccccc3)c(=O)n2-c2ncccn2)c1)Oc1ccc(C)cc1C. The minimum atomic E-state index is -0.675. The summed E-state index contributed by atoms with van der Waals surface area (Å²) in [5.41, 5.74) is 4.84. The maximum atomic E-state index is 15.0. The third kappa shape index (κ3) is 10.8. The molecule has 0 aliphatic heterocycles. The van der Waals surface area contributed by atoms with Crippen LogP contribution in [-0.4, -0.2) is 57.2 Å². The van der Waals surface area contributed by atoms with Gasteiger partial charge in [0, 0.05) is 49.5 Å². The van der Waals surface area contributed by atoms with E-state index in [9.17, 15) is 9.59 Å². The maximum Gasteiger partial charge on any atom is 0.278 e. The fourth-order valence-corrected chi connectivity index (χ4v) is 6.84. The van der Waals surface area contributed by atoms with Crippen molar-refractivity contribution in [3.8, 4) is 34.3 Å². The Labute approximate surface area is 367 Å². The summed E-state index contributed by atoms with van der Waals surface area (Å²) in [6.45, 7) is 12.0. The van der Waals surface area contributed by atoms with Gasteiger partial charge in [0.1, 0.15) is 18.2 Å². The van der Waals surface area contributed by atoms with Crippen LogP contribution in [0.15, 0.2) is 156 Å². The van der Waals surface area contributed by atoms with Gasteiger partial charge in [0.2, 0.25) is 12.2 Å². The zero-order chi connectivity index (χ0) is 44.1. The number of ether oxygens (including phenoxy) is 3. The summed E-state index contributed by atoms with van der Waals surface area (Å²) in [6.07, 6.45) is 4.58. The minimum Gasteiger partial charge on any atom is -0.465 e. The molecule has 320 valence electrons. The van der Waals surface area contributed by atoms with Crippen LogP contribution in [0, 0.1) is 13.8 Å². The number of para-hydroxylation sites is 1. The Morgan fingerprint density at radius 1 is 0.794 bits per heavy atom. The Hall–Kier alpha value is -7.64. The van der Waals surface area contributed by atoms with Gasteiger partial charge >= 0.3 is 0 Å². The normalized spacial score (nSPS) is 11.7. The van der Waals surface area contributed by atoms with Crippen molar-refractivity contribution in [2.45, 2.75) is 47.3 Å². The largest absolute Gasteiger partial charge is 0.465 e. The van der Waals surface area contributed by atoms with Crippen LogP contribution >= 0.6 is 0 Å². The van der Waals surface area contributed by atoms with Gasteiger partial charge in [-0.3, -0.25) is 9.59 Å². The highest BCUT2D eigenvalue weighted by Gasteiger charge is 2.26. The van der Waals surface area contributed by atoms with E-state index in [2.05, 4.69) is 45.4 Å². The lowest BCUT2D eigenvalue weighted by Gasteiger charge is -2.21. The number of hydrogen-bond acceptors (Lipinski definition) is 11. The van der Waals surface area contributed by atoms with Gasteiger partial charge in [-0.15, -0.1) is 0 Å². The second-order valence-corrected chi connectivity index (χ2v) is 14.5. The van der Waals surface area contributed by atoms with Crippen molar-refractivity contribution in [1.82, 2.24) is 19.5 Å². The Morgan fingerprint density at radius 2 is 1.49 bits per heavy atom. The molecule has 2 aromatic heterocycles. The highest BCUT2D eigenvalue weighted by molar-refractivity contribution is 6.48. The minimum absolute atomic E-state index is 0.0198. The molecule has 0 aliphatic carbocycles. The van der Waals surface area contributed by atoms with Crippen molar-refractivity contribution in [3.63, 3.8) is 0 Å². The van der Waals surface area contributed by atoms with E-state index in [0.717, 1.165) is 35.7 Å². The van der Waals surface area contributed by atoms with Crippen molar-refractivity contribution in [3.05, 3.63) is 173 Å². The number of aryl methyl sites for hydroxylation is 2. The molecule has 63 heavy (non-hydrogen) atoms. The Morgan fingerprint density at radius 3 is 2.17 bits per heavy atom. The molecule has 0 saturated heterocycles. The lowest BCUT2D eigenvalue weighted by Crippen LogP contribution is -2.34. The number of anilines is 3. The number of benzene rings is 5. The molecule has 5 aromatic carbocycles. The number of carbonyl (C=O) groups is 1. The first-order chi connectivity index (χ1) is 30.7. The Balaban J connectivity index is 1.27. The van der Waals surface area contributed by atoms with Crippen molar-refractivity contribution < 1.29 is 19.0 Å². The summed E-state index contributed by atoms with van der Waals surface area (Å²) in [7, 11) is 0. The van der Waals surface area contributed by atoms with E-state index in [1.807, 2.05) is 124 Å². The van der Waals surface area contributed by atoms with Crippen LogP contribution in [0.2, 0.25) is 0 Å². The number of hydrogen-bond donors (Lipinski definition) is 2. The fraction of sp³-hybridized carbons (Fsp3) is 0.200. The molecule has 7 aromatic rings. The average molecular weight is 843 g/mol.